The summed E-state index contributed by atoms with van der Waals surface area (Å²) in [6, 6.07) is 7.18. The molecule has 2 aromatic carbocycles. The summed E-state index contributed by atoms with van der Waals surface area (Å²) in [5, 5.41) is 0. The smallest absolute Gasteiger partial charge is 0.416 e. The Kier molecular flexibility index (Phi) is 5.11. The SMILES string of the molecule is COC(=O)c1cccc(COc2ccc(C(F)(F)F)cc2C)c1F. The van der Waals surface area contributed by atoms with Crippen molar-refractivity contribution in [2.24, 2.45) is 0 Å². The van der Waals surface area contributed by atoms with Crippen LogP contribution in [0.1, 0.15) is 27.0 Å². The fraction of sp³-hybridized carbons (Fsp3) is 0.235. The van der Waals surface area contributed by atoms with Gasteiger partial charge < -0.3 is 9.47 Å². The lowest BCUT2D eigenvalue weighted by atomic mass is 10.1. The molecule has 2 aromatic rings. The van der Waals surface area contributed by atoms with Crippen LogP contribution in [0, 0.1) is 12.7 Å². The van der Waals surface area contributed by atoms with Crippen molar-refractivity contribution in [3.63, 3.8) is 0 Å². The van der Waals surface area contributed by atoms with E-state index in [1.54, 1.807) is 0 Å². The molecule has 0 saturated heterocycles. The number of ether oxygens (including phenoxy) is 2. The average Bonchev–Trinajstić information content (AvgIpc) is 2.53. The highest BCUT2D eigenvalue weighted by Crippen LogP contribution is 2.32. The molecule has 0 aliphatic carbocycles. The zero-order valence-electron chi connectivity index (χ0n) is 12.9. The Bertz CT molecular complexity index is 754. The van der Waals surface area contributed by atoms with Crippen molar-refractivity contribution in [1.82, 2.24) is 0 Å². The first kappa shape index (κ1) is 17.8. The van der Waals surface area contributed by atoms with E-state index >= 15 is 0 Å². The van der Waals surface area contributed by atoms with Crippen LogP contribution >= 0.6 is 0 Å². The summed E-state index contributed by atoms with van der Waals surface area (Å²) in [7, 11) is 1.14. The lowest BCUT2D eigenvalue weighted by Gasteiger charge is -2.13. The highest BCUT2D eigenvalue weighted by molar-refractivity contribution is 5.89. The predicted octanol–water partition coefficient (Wildman–Crippen LogP) is 4.52. The number of hydrogen-bond donors (Lipinski definition) is 0. The molecule has 128 valence electrons. The summed E-state index contributed by atoms with van der Waals surface area (Å²) in [6.07, 6.45) is -4.44. The van der Waals surface area contributed by atoms with Gasteiger partial charge >= 0.3 is 12.1 Å². The van der Waals surface area contributed by atoms with Crippen molar-refractivity contribution >= 4 is 5.97 Å². The molecule has 0 N–H and O–H groups in total. The number of carbonyl (C=O) groups excluding carboxylic acids is 1. The number of aryl methyl sites for hydroxylation is 1. The van der Waals surface area contributed by atoms with Gasteiger partial charge in [0.2, 0.25) is 0 Å². The molecule has 0 unspecified atom stereocenters. The Morgan fingerprint density at radius 2 is 1.88 bits per heavy atom. The van der Waals surface area contributed by atoms with Gasteiger partial charge in [0.05, 0.1) is 18.2 Å². The Morgan fingerprint density at radius 1 is 1.17 bits per heavy atom. The van der Waals surface area contributed by atoms with Crippen molar-refractivity contribution < 1.29 is 31.8 Å². The van der Waals surface area contributed by atoms with Crippen molar-refractivity contribution in [2.75, 3.05) is 7.11 Å². The highest BCUT2D eigenvalue weighted by atomic mass is 19.4. The number of benzene rings is 2. The van der Waals surface area contributed by atoms with Crippen molar-refractivity contribution in [3.05, 3.63) is 64.5 Å². The highest BCUT2D eigenvalue weighted by Gasteiger charge is 2.30. The van der Waals surface area contributed by atoms with Gasteiger partial charge in [0, 0.05) is 5.56 Å². The van der Waals surface area contributed by atoms with E-state index < -0.39 is 23.5 Å². The molecule has 0 spiro atoms. The third kappa shape index (κ3) is 3.84. The zero-order chi connectivity index (χ0) is 17.9. The molecule has 0 heterocycles. The van der Waals surface area contributed by atoms with Crippen LogP contribution in [0.5, 0.6) is 5.75 Å². The number of hydrogen-bond acceptors (Lipinski definition) is 3. The summed E-state index contributed by atoms with van der Waals surface area (Å²) >= 11 is 0. The van der Waals surface area contributed by atoms with E-state index in [0.29, 0.717) is 0 Å². The summed E-state index contributed by atoms with van der Waals surface area (Å²) < 4.78 is 61.9. The van der Waals surface area contributed by atoms with E-state index in [1.165, 1.54) is 31.2 Å². The standard InChI is InChI=1S/C17H14F4O3/c1-10-8-12(17(19,20)21)6-7-14(10)24-9-11-4-3-5-13(15(11)18)16(22)23-2/h3-8H,9H2,1-2H3. The van der Waals surface area contributed by atoms with Gasteiger partial charge in [-0.3, -0.25) is 0 Å². The van der Waals surface area contributed by atoms with E-state index in [2.05, 4.69) is 4.74 Å². The van der Waals surface area contributed by atoms with Crippen LogP contribution in [-0.4, -0.2) is 13.1 Å². The van der Waals surface area contributed by atoms with Crippen LogP contribution < -0.4 is 4.74 Å². The summed E-state index contributed by atoms with van der Waals surface area (Å²) in [4.78, 5) is 11.4. The summed E-state index contributed by atoms with van der Waals surface area (Å²) in [5.74, 6) is -1.40. The third-order valence-corrected chi connectivity index (χ3v) is 3.37. The van der Waals surface area contributed by atoms with Crippen LogP contribution in [0.25, 0.3) is 0 Å². The summed E-state index contributed by atoms with van der Waals surface area (Å²) in [5.41, 5.74) is -0.652. The molecule has 0 atom stereocenters. The minimum atomic E-state index is -4.44. The third-order valence-electron chi connectivity index (χ3n) is 3.37. The molecule has 0 aliphatic rings. The van der Waals surface area contributed by atoms with Crippen LogP contribution in [0.2, 0.25) is 0 Å². The van der Waals surface area contributed by atoms with E-state index in [-0.39, 0.29) is 29.0 Å². The second kappa shape index (κ2) is 6.90. The topological polar surface area (TPSA) is 35.5 Å². The van der Waals surface area contributed by atoms with Gasteiger partial charge in [-0.15, -0.1) is 0 Å². The molecule has 0 fully saturated rings. The number of halogens is 4. The molecule has 0 amide bonds. The maximum atomic E-state index is 14.2. The molecule has 0 bridgehead atoms. The summed E-state index contributed by atoms with van der Waals surface area (Å²) in [6.45, 7) is 1.23. The lowest BCUT2D eigenvalue weighted by molar-refractivity contribution is -0.137. The first-order valence-electron chi connectivity index (χ1n) is 6.90. The first-order valence-corrected chi connectivity index (χ1v) is 6.90. The largest absolute Gasteiger partial charge is 0.489 e. The van der Waals surface area contributed by atoms with Gasteiger partial charge in [0.15, 0.2) is 0 Å². The van der Waals surface area contributed by atoms with E-state index in [9.17, 15) is 22.4 Å². The minimum Gasteiger partial charge on any atom is -0.489 e. The van der Waals surface area contributed by atoms with Gasteiger partial charge in [-0.25, -0.2) is 9.18 Å². The number of methoxy groups -OCH3 is 1. The van der Waals surface area contributed by atoms with E-state index in [0.717, 1.165) is 19.2 Å². The molecule has 0 aromatic heterocycles. The van der Waals surface area contributed by atoms with Crippen molar-refractivity contribution in [3.8, 4) is 5.75 Å². The molecule has 0 aliphatic heterocycles. The van der Waals surface area contributed by atoms with Gasteiger partial charge in [-0.1, -0.05) is 12.1 Å². The average molecular weight is 342 g/mol. The van der Waals surface area contributed by atoms with Crippen LogP contribution in [0.4, 0.5) is 17.6 Å². The Hall–Kier alpha value is -2.57. The maximum absolute atomic E-state index is 14.2. The van der Waals surface area contributed by atoms with Crippen LogP contribution in [0.3, 0.4) is 0 Å². The number of alkyl halides is 3. The molecule has 0 radical (unpaired) electrons. The molecule has 0 saturated carbocycles. The van der Waals surface area contributed by atoms with Crippen molar-refractivity contribution in [1.29, 1.82) is 0 Å². The quantitative estimate of drug-likeness (QED) is 0.605. The Labute approximate surface area is 135 Å². The second-order valence-electron chi connectivity index (χ2n) is 5.04. The fourth-order valence-electron chi connectivity index (χ4n) is 2.10. The minimum absolute atomic E-state index is 0.0946. The first-order chi connectivity index (χ1) is 11.2. The zero-order valence-corrected chi connectivity index (χ0v) is 12.9. The molecular weight excluding hydrogens is 328 g/mol. The van der Waals surface area contributed by atoms with Gasteiger partial charge in [-0.05, 0) is 36.8 Å². The second-order valence-corrected chi connectivity index (χ2v) is 5.04. The molecular formula is C17H14F4O3. The van der Waals surface area contributed by atoms with Gasteiger partial charge in [0.1, 0.15) is 18.2 Å². The number of esters is 1. The van der Waals surface area contributed by atoms with Gasteiger partial charge in [0.25, 0.3) is 0 Å². The maximum Gasteiger partial charge on any atom is 0.416 e. The normalized spacial score (nSPS) is 11.2. The Balaban J connectivity index is 2.19. The van der Waals surface area contributed by atoms with Crippen LogP contribution in [-0.2, 0) is 17.5 Å². The lowest BCUT2D eigenvalue weighted by Crippen LogP contribution is -2.09. The monoisotopic (exact) mass is 342 g/mol. The van der Waals surface area contributed by atoms with E-state index in [4.69, 9.17) is 4.74 Å². The molecule has 24 heavy (non-hydrogen) atoms. The van der Waals surface area contributed by atoms with Crippen LogP contribution in [0.15, 0.2) is 36.4 Å². The number of rotatable bonds is 4. The number of carbonyl (C=O) groups is 1. The van der Waals surface area contributed by atoms with Gasteiger partial charge in [-0.2, -0.15) is 13.2 Å². The predicted molar refractivity (Wildman–Crippen MR) is 78.3 cm³/mol. The van der Waals surface area contributed by atoms with Crippen molar-refractivity contribution in [2.45, 2.75) is 19.7 Å². The van der Waals surface area contributed by atoms with E-state index in [1.807, 2.05) is 0 Å². The molecule has 2 rings (SSSR count). The Morgan fingerprint density at radius 3 is 2.46 bits per heavy atom. The molecule has 7 heteroatoms. The fourth-order valence-corrected chi connectivity index (χ4v) is 2.10. The molecule has 3 nitrogen and oxygen atoms in total.